The molecule has 0 saturated carbocycles. The average molecular weight is 354 g/mol. The summed E-state index contributed by atoms with van der Waals surface area (Å²) in [4.78, 5) is 8.86. The van der Waals surface area contributed by atoms with Crippen LogP contribution in [-0.4, -0.2) is 25.0 Å². The minimum absolute atomic E-state index is 0.611. The fraction of sp³-hybridized carbons (Fsp3) is 0. The van der Waals surface area contributed by atoms with Gasteiger partial charge in [0.1, 0.15) is 5.75 Å². The van der Waals surface area contributed by atoms with Gasteiger partial charge in [-0.2, -0.15) is 0 Å². The Kier molecular flexibility index (Phi) is 5.99. The van der Waals surface area contributed by atoms with Crippen molar-refractivity contribution in [3.63, 3.8) is 0 Å². The fourth-order valence-electron chi connectivity index (χ4n) is 2.30. The lowest BCUT2D eigenvalue weighted by Crippen LogP contribution is -1.86. The van der Waals surface area contributed by atoms with Crippen LogP contribution in [0.5, 0.6) is 5.75 Å². The number of hydrogen-bond donors (Lipinski definition) is 2. The third-order valence-corrected chi connectivity index (χ3v) is 3.75. The molecular formula is C22H18N4O. The van der Waals surface area contributed by atoms with Gasteiger partial charge in [0, 0.05) is 18.6 Å². The second-order valence-electron chi connectivity index (χ2n) is 5.65. The molecule has 0 aliphatic carbocycles. The Balaban J connectivity index is 1.62. The summed E-state index contributed by atoms with van der Waals surface area (Å²) in [6.45, 7) is 0. The van der Waals surface area contributed by atoms with Crippen molar-refractivity contribution in [2.24, 2.45) is 9.98 Å². The third-order valence-electron chi connectivity index (χ3n) is 3.75. The lowest BCUT2D eigenvalue weighted by molar-refractivity contribution is 0.570. The highest BCUT2D eigenvalue weighted by Gasteiger charge is 1.94. The first kappa shape index (κ1) is 17.9. The van der Waals surface area contributed by atoms with E-state index in [9.17, 15) is 0 Å². The maximum atomic E-state index is 7.20. The van der Waals surface area contributed by atoms with E-state index in [1.165, 1.54) is 6.21 Å². The van der Waals surface area contributed by atoms with Gasteiger partial charge in [-0.25, -0.2) is 0 Å². The van der Waals surface area contributed by atoms with Crippen LogP contribution in [0, 0.1) is 10.8 Å². The van der Waals surface area contributed by atoms with Crippen LogP contribution >= 0.6 is 0 Å². The van der Waals surface area contributed by atoms with E-state index >= 15 is 0 Å². The average Bonchev–Trinajstić information content (AvgIpc) is 2.73. The summed E-state index contributed by atoms with van der Waals surface area (Å²) in [5, 5.41) is 14.1. The van der Waals surface area contributed by atoms with Gasteiger partial charge in [0.25, 0.3) is 0 Å². The smallest absolute Gasteiger partial charge is 0.173 e. The number of nitrogens with zero attached hydrogens (tertiary/aromatic N) is 2. The van der Waals surface area contributed by atoms with Gasteiger partial charge in [-0.3, -0.25) is 15.4 Å². The van der Waals surface area contributed by atoms with Gasteiger partial charge in [-0.15, -0.1) is 0 Å². The normalized spacial score (nSPS) is 11.0. The van der Waals surface area contributed by atoms with E-state index in [1.807, 2.05) is 66.9 Å². The molecule has 0 unspecified atom stereocenters. The van der Waals surface area contributed by atoms with Crippen LogP contribution in [0.2, 0.25) is 0 Å². The van der Waals surface area contributed by atoms with Gasteiger partial charge < -0.3 is 10.1 Å². The molecule has 0 bridgehead atoms. The van der Waals surface area contributed by atoms with Gasteiger partial charge in [0.05, 0.1) is 11.4 Å². The lowest BCUT2D eigenvalue weighted by atomic mass is 10.1. The van der Waals surface area contributed by atoms with E-state index in [1.54, 1.807) is 18.3 Å². The second kappa shape index (κ2) is 9.01. The Morgan fingerprint density at radius 1 is 0.593 bits per heavy atom. The topological polar surface area (TPSA) is 81.7 Å². The summed E-state index contributed by atoms with van der Waals surface area (Å²) in [5.74, 6) is 0.611. The van der Waals surface area contributed by atoms with Crippen molar-refractivity contribution >= 4 is 36.4 Å². The largest absolute Gasteiger partial charge is 0.446 e. The summed E-state index contributed by atoms with van der Waals surface area (Å²) in [6.07, 6.45) is 5.81. The predicted octanol–water partition coefficient (Wildman–Crippen LogP) is 5.17. The summed E-state index contributed by atoms with van der Waals surface area (Å²) < 4.78 is 4.97. The highest BCUT2D eigenvalue weighted by Crippen LogP contribution is 2.18. The Labute approximate surface area is 157 Å². The lowest BCUT2D eigenvalue weighted by Gasteiger charge is -1.99. The minimum Gasteiger partial charge on any atom is -0.446 e. The van der Waals surface area contributed by atoms with Gasteiger partial charge in [0.2, 0.25) is 0 Å². The van der Waals surface area contributed by atoms with E-state index < -0.39 is 0 Å². The van der Waals surface area contributed by atoms with Crippen molar-refractivity contribution in [2.45, 2.75) is 0 Å². The van der Waals surface area contributed by atoms with E-state index in [0.717, 1.165) is 34.5 Å². The molecule has 27 heavy (non-hydrogen) atoms. The molecule has 5 heteroatoms. The van der Waals surface area contributed by atoms with E-state index in [2.05, 4.69) is 9.98 Å². The highest BCUT2D eigenvalue weighted by molar-refractivity contribution is 5.86. The molecule has 0 amide bonds. The first-order chi connectivity index (χ1) is 13.3. The zero-order chi connectivity index (χ0) is 18.9. The van der Waals surface area contributed by atoms with Crippen molar-refractivity contribution in [3.05, 3.63) is 89.5 Å². The maximum Gasteiger partial charge on any atom is 0.173 e. The highest BCUT2D eigenvalue weighted by atomic mass is 16.5. The molecule has 0 aliphatic heterocycles. The molecule has 5 nitrogen and oxygen atoms in total. The molecule has 0 radical (unpaired) electrons. The number of ether oxygens (including phenoxy) is 1. The molecule has 3 aromatic rings. The summed E-state index contributed by atoms with van der Waals surface area (Å²) in [5.41, 5.74) is 4.50. The SMILES string of the molecule is N=COc1ccc(N=Cc2ccc(C=Nc3ccc(C=N)cc3)cc2)cc1. The first-order valence-corrected chi connectivity index (χ1v) is 8.31. The van der Waals surface area contributed by atoms with Crippen molar-refractivity contribution in [2.75, 3.05) is 0 Å². The maximum absolute atomic E-state index is 7.20. The van der Waals surface area contributed by atoms with Crippen LogP contribution < -0.4 is 4.74 Å². The predicted molar refractivity (Wildman–Crippen MR) is 111 cm³/mol. The molecule has 0 aromatic heterocycles. The van der Waals surface area contributed by atoms with Gasteiger partial charge in [-0.1, -0.05) is 36.4 Å². The second-order valence-corrected chi connectivity index (χ2v) is 5.65. The Morgan fingerprint density at radius 2 is 1.04 bits per heavy atom. The standard InChI is InChI=1S/C22H18N4O/c23-13-17-5-7-20(8-6-17)25-14-18-1-3-19(4-2-18)15-26-21-9-11-22(12-10-21)27-16-24/h1-16,23-24H. The number of nitrogens with one attached hydrogen (secondary N) is 2. The zero-order valence-corrected chi connectivity index (χ0v) is 14.5. The molecule has 0 saturated heterocycles. The Morgan fingerprint density at radius 3 is 1.48 bits per heavy atom. The van der Waals surface area contributed by atoms with Crippen LogP contribution in [0.1, 0.15) is 16.7 Å². The van der Waals surface area contributed by atoms with Gasteiger partial charge in [0.15, 0.2) is 6.40 Å². The number of hydrogen-bond acceptors (Lipinski definition) is 5. The molecule has 0 heterocycles. The number of benzene rings is 3. The van der Waals surface area contributed by atoms with Crippen LogP contribution in [0.15, 0.2) is 82.8 Å². The molecule has 0 fully saturated rings. The minimum atomic E-state index is 0.611. The molecule has 132 valence electrons. The van der Waals surface area contributed by atoms with Crippen molar-refractivity contribution in [1.29, 1.82) is 10.8 Å². The van der Waals surface area contributed by atoms with Crippen LogP contribution in [0.4, 0.5) is 11.4 Å². The van der Waals surface area contributed by atoms with Gasteiger partial charge in [-0.05, 0) is 53.1 Å². The first-order valence-electron chi connectivity index (χ1n) is 8.31. The quantitative estimate of drug-likeness (QED) is 0.445. The van der Waals surface area contributed by atoms with Gasteiger partial charge >= 0.3 is 0 Å². The van der Waals surface area contributed by atoms with E-state index in [0.29, 0.717) is 5.75 Å². The summed E-state index contributed by atoms with van der Waals surface area (Å²) in [7, 11) is 0. The Bertz CT molecular complexity index is 957. The zero-order valence-electron chi connectivity index (χ0n) is 14.5. The monoisotopic (exact) mass is 354 g/mol. The van der Waals surface area contributed by atoms with Crippen molar-refractivity contribution in [3.8, 4) is 5.75 Å². The third kappa shape index (κ3) is 5.31. The number of aliphatic imine (C=N–C) groups is 2. The van der Waals surface area contributed by atoms with Crippen molar-refractivity contribution < 1.29 is 4.74 Å². The molecule has 0 aliphatic rings. The summed E-state index contributed by atoms with van der Waals surface area (Å²) in [6, 6.07) is 22.6. The molecule has 2 N–H and O–H groups in total. The van der Waals surface area contributed by atoms with E-state index in [4.69, 9.17) is 15.6 Å². The molecular weight excluding hydrogens is 336 g/mol. The summed E-state index contributed by atoms with van der Waals surface area (Å²) >= 11 is 0. The van der Waals surface area contributed by atoms with Crippen molar-refractivity contribution in [1.82, 2.24) is 0 Å². The number of rotatable bonds is 7. The molecule has 3 rings (SSSR count). The molecule has 3 aromatic carbocycles. The Hall–Kier alpha value is -3.86. The van der Waals surface area contributed by atoms with Crippen LogP contribution in [-0.2, 0) is 0 Å². The van der Waals surface area contributed by atoms with Crippen LogP contribution in [0.3, 0.4) is 0 Å². The fourth-order valence-corrected chi connectivity index (χ4v) is 2.30. The molecule has 0 spiro atoms. The van der Waals surface area contributed by atoms with Crippen LogP contribution in [0.25, 0.3) is 0 Å². The molecule has 0 atom stereocenters. The van der Waals surface area contributed by atoms with E-state index in [-0.39, 0.29) is 0 Å².